The van der Waals surface area contributed by atoms with Crippen LogP contribution < -0.4 is 0 Å². The fraction of sp³-hybridized carbons (Fsp3) is 1.00. The quantitative estimate of drug-likeness (QED) is 0.672. The third-order valence-electron chi connectivity index (χ3n) is 2.28. The zero-order valence-corrected chi connectivity index (χ0v) is 8.90. The van der Waals surface area contributed by atoms with Crippen LogP contribution in [0.2, 0.25) is 0 Å². The average Bonchev–Trinajstić information content (AvgIpc) is 1.98. The molecule has 17 heavy (non-hydrogen) atoms. The SMILES string of the molecule is CC(F)(F)C(F)(F)C(C)(F)C(F)(F)C(C)(F)F. The van der Waals surface area contributed by atoms with Crippen LogP contribution in [0.5, 0.6) is 0 Å². The van der Waals surface area contributed by atoms with E-state index >= 15 is 0 Å². The summed E-state index contributed by atoms with van der Waals surface area (Å²) in [6.07, 6.45) is 0. The topological polar surface area (TPSA) is 0 Å². The van der Waals surface area contributed by atoms with E-state index < -0.39 is 50.1 Å². The van der Waals surface area contributed by atoms with Gasteiger partial charge in [-0.25, -0.2) is 22.0 Å². The van der Waals surface area contributed by atoms with Crippen LogP contribution in [-0.2, 0) is 0 Å². The van der Waals surface area contributed by atoms with Crippen LogP contribution in [0.4, 0.5) is 39.5 Å². The van der Waals surface area contributed by atoms with E-state index in [1.165, 1.54) is 0 Å². The van der Waals surface area contributed by atoms with Gasteiger partial charge in [0, 0.05) is 13.8 Å². The maximum absolute atomic E-state index is 13.2. The molecule has 0 bridgehead atoms. The molecule has 0 saturated heterocycles. The largest absolute Gasteiger partial charge is 0.348 e. The molecule has 0 atom stereocenters. The molecule has 0 radical (unpaired) electrons. The highest BCUT2D eigenvalue weighted by molar-refractivity contribution is 5.09. The van der Waals surface area contributed by atoms with E-state index in [9.17, 15) is 39.5 Å². The normalized spacial score (nSPS) is 16.2. The smallest absolute Gasteiger partial charge is 0.230 e. The number of rotatable bonds is 4. The molecule has 0 rings (SSSR count). The molecule has 0 nitrogen and oxygen atoms in total. The van der Waals surface area contributed by atoms with Crippen molar-refractivity contribution in [1.29, 1.82) is 0 Å². The van der Waals surface area contributed by atoms with Gasteiger partial charge in [0.1, 0.15) is 0 Å². The van der Waals surface area contributed by atoms with Crippen molar-refractivity contribution in [3.63, 3.8) is 0 Å². The van der Waals surface area contributed by atoms with Gasteiger partial charge in [-0.2, -0.15) is 17.6 Å². The Morgan fingerprint density at radius 1 is 0.471 bits per heavy atom. The van der Waals surface area contributed by atoms with Crippen molar-refractivity contribution in [3.05, 3.63) is 0 Å². The van der Waals surface area contributed by atoms with E-state index in [0.29, 0.717) is 0 Å². The van der Waals surface area contributed by atoms with E-state index in [0.717, 1.165) is 0 Å². The molecule has 0 aliphatic rings. The summed E-state index contributed by atoms with van der Waals surface area (Å²) in [7, 11) is 0. The zero-order valence-electron chi connectivity index (χ0n) is 8.90. The summed E-state index contributed by atoms with van der Waals surface area (Å²) in [6.45, 7) is -1.74. The molecule has 0 aliphatic heterocycles. The molecule has 0 heterocycles. The molecule has 0 aromatic heterocycles. The lowest BCUT2D eigenvalue weighted by Gasteiger charge is -2.40. The van der Waals surface area contributed by atoms with Gasteiger partial charge in [0.2, 0.25) is 5.67 Å². The second kappa shape index (κ2) is 3.68. The summed E-state index contributed by atoms with van der Waals surface area (Å²) in [5.74, 6) is -22.3. The molecule has 0 spiro atoms. The lowest BCUT2D eigenvalue weighted by Crippen LogP contribution is -2.66. The predicted molar refractivity (Wildman–Crippen MR) is 40.6 cm³/mol. The second-order valence-electron chi connectivity index (χ2n) is 3.93. The Balaban J connectivity index is 5.73. The van der Waals surface area contributed by atoms with Crippen LogP contribution in [0.3, 0.4) is 0 Å². The van der Waals surface area contributed by atoms with E-state index in [1.54, 1.807) is 0 Å². The van der Waals surface area contributed by atoms with Gasteiger partial charge in [0.15, 0.2) is 0 Å². The highest BCUT2D eigenvalue weighted by Crippen LogP contribution is 2.55. The third kappa shape index (κ3) is 2.20. The monoisotopic (exact) mass is 276 g/mol. The van der Waals surface area contributed by atoms with Crippen molar-refractivity contribution < 1.29 is 39.5 Å². The second-order valence-corrected chi connectivity index (χ2v) is 3.93. The molecule has 0 aromatic rings. The highest BCUT2D eigenvalue weighted by atomic mass is 19.3. The summed E-state index contributed by atoms with van der Waals surface area (Å²) in [5.41, 5.74) is -5.41. The van der Waals surface area contributed by atoms with Crippen LogP contribution in [0.1, 0.15) is 20.8 Å². The van der Waals surface area contributed by atoms with Crippen LogP contribution >= 0.6 is 0 Å². The Hall–Kier alpha value is -0.630. The molecule has 0 amide bonds. The van der Waals surface area contributed by atoms with Gasteiger partial charge < -0.3 is 0 Å². The zero-order chi connectivity index (χ0) is 14.5. The van der Waals surface area contributed by atoms with E-state index in [2.05, 4.69) is 0 Å². The van der Waals surface area contributed by atoms with Crippen LogP contribution in [0.15, 0.2) is 0 Å². The van der Waals surface area contributed by atoms with Crippen molar-refractivity contribution >= 4 is 0 Å². The van der Waals surface area contributed by atoms with E-state index in [1.807, 2.05) is 0 Å². The number of hydrogen-bond donors (Lipinski definition) is 0. The van der Waals surface area contributed by atoms with E-state index in [-0.39, 0.29) is 0 Å². The fourth-order valence-electron chi connectivity index (χ4n) is 1.02. The molecule has 104 valence electrons. The Labute approximate surface area is 90.8 Å². The molecule has 0 fully saturated rings. The minimum absolute atomic E-state index is 0.533. The molecular formula is C8H9F9. The minimum atomic E-state index is -5.96. The Bertz CT molecular complexity index is 252. The lowest BCUT2D eigenvalue weighted by molar-refractivity contribution is -0.350. The van der Waals surface area contributed by atoms with Gasteiger partial charge in [0.05, 0.1) is 0 Å². The van der Waals surface area contributed by atoms with Gasteiger partial charge in [-0.3, -0.25) is 0 Å². The molecule has 0 unspecified atom stereocenters. The maximum Gasteiger partial charge on any atom is 0.348 e. The standard InChI is InChI=1S/C8H9F9/c1-4(9,7(14,15)5(2,10)11)8(16,17)6(3,12)13/h1-3H3. The van der Waals surface area contributed by atoms with Gasteiger partial charge >= 0.3 is 23.7 Å². The summed E-state index contributed by atoms with van der Waals surface area (Å²) >= 11 is 0. The predicted octanol–water partition coefficient (Wildman–Crippen LogP) is 4.30. The van der Waals surface area contributed by atoms with Crippen molar-refractivity contribution in [2.24, 2.45) is 0 Å². The molecular weight excluding hydrogens is 267 g/mol. The molecule has 0 N–H and O–H groups in total. The number of alkyl halides is 9. The van der Waals surface area contributed by atoms with Crippen LogP contribution in [0.25, 0.3) is 0 Å². The highest BCUT2D eigenvalue weighted by Gasteiger charge is 2.80. The van der Waals surface area contributed by atoms with Crippen LogP contribution in [-0.4, -0.2) is 29.4 Å². The van der Waals surface area contributed by atoms with Crippen LogP contribution in [0, 0.1) is 0 Å². The van der Waals surface area contributed by atoms with Crippen molar-refractivity contribution in [3.8, 4) is 0 Å². The average molecular weight is 276 g/mol. The van der Waals surface area contributed by atoms with Gasteiger partial charge in [0.25, 0.3) is 0 Å². The molecule has 0 aliphatic carbocycles. The first kappa shape index (κ1) is 16.4. The van der Waals surface area contributed by atoms with Gasteiger partial charge in [-0.1, -0.05) is 0 Å². The minimum Gasteiger partial charge on any atom is -0.230 e. The molecule has 0 aromatic carbocycles. The fourth-order valence-corrected chi connectivity index (χ4v) is 1.02. The Kier molecular flexibility index (Phi) is 3.54. The van der Waals surface area contributed by atoms with E-state index in [4.69, 9.17) is 0 Å². The first-order valence-electron chi connectivity index (χ1n) is 4.20. The van der Waals surface area contributed by atoms with Gasteiger partial charge in [-0.05, 0) is 6.92 Å². The number of hydrogen-bond acceptors (Lipinski definition) is 0. The van der Waals surface area contributed by atoms with Crippen molar-refractivity contribution in [2.75, 3.05) is 0 Å². The first-order valence-corrected chi connectivity index (χ1v) is 4.20. The molecule has 9 heteroatoms. The number of halogens is 9. The summed E-state index contributed by atoms with van der Waals surface area (Å²) in [6, 6.07) is 0. The van der Waals surface area contributed by atoms with Gasteiger partial charge in [-0.15, -0.1) is 0 Å². The van der Waals surface area contributed by atoms with Crippen molar-refractivity contribution in [2.45, 2.75) is 50.1 Å². The Morgan fingerprint density at radius 3 is 0.765 bits per heavy atom. The maximum atomic E-state index is 13.2. The lowest BCUT2D eigenvalue weighted by atomic mass is 9.85. The summed E-state index contributed by atoms with van der Waals surface area (Å²) in [5, 5.41) is 0. The van der Waals surface area contributed by atoms with Crippen molar-refractivity contribution in [1.82, 2.24) is 0 Å². The summed E-state index contributed by atoms with van der Waals surface area (Å²) < 4.78 is 114. The summed E-state index contributed by atoms with van der Waals surface area (Å²) in [4.78, 5) is 0. The molecule has 0 saturated carbocycles. The third-order valence-corrected chi connectivity index (χ3v) is 2.28. The Morgan fingerprint density at radius 2 is 0.647 bits per heavy atom. The first-order chi connectivity index (χ1) is 7.00.